The number of halogens is 2. The minimum atomic E-state index is -3.06. The van der Waals surface area contributed by atoms with E-state index < -0.39 is 23.5 Å². The lowest BCUT2D eigenvalue weighted by molar-refractivity contribution is -0.533. The standard InChI is InChI=1S/C4H7F2NO3/c1-2(7(9)10)3(8)4(5)6/h2-4,8H,1H3. The second kappa shape index (κ2) is 3.40. The van der Waals surface area contributed by atoms with Crippen LogP contribution in [0.2, 0.25) is 0 Å². The Morgan fingerprint density at radius 3 is 2.10 bits per heavy atom. The van der Waals surface area contributed by atoms with Crippen molar-refractivity contribution in [1.82, 2.24) is 0 Å². The van der Waals surface area contributed by atoms with E-state index in [4.69, 9.17) is 5.11 Å². The summed E-state index contributed by atoms with van der Waals surface area (Å²) in [5.74, 6) is 0. The molecule has 6 heteroatoms. The molecule has 0 heterocycles. The second-order valence-electron chi connectivity index (χ2n) is 1.85. The molecule has 0 saturated carbocycles. The molecule has 0 aromatic rings. The summed E-state index contributed by atoms with van der Waals surface area (Å²) in [7, 11) is 0. The molecule has 0 spiro atoms. The molecule has 10 heavy (non-hydrogen) atoms. The molecule has 2 unspecified atom stereocenters. The summed E-state index contributed by atoms with van der Waals surface area (Å²) in [6.07, 6.45) is -5.23. The van der Waals surface area contributed by atoms with Gasteiger partial charge in [0.1, 0.15) is 0 Å². The molecule has 0 aromatic carbocycles. The number of aliphatic hydroxyl groups is 1. The van der Waals surface area contributed by atoms with Gasteiger partial charge in [0, 0.05) is 11.8 Å². The molecule has 0 aliphatic carbocycles. The van der Waals surface area contributed by atoms with Crippen LogP contribution in [0.5, 0.6) is 0 Å². The fourth-order valence-corrected chi connectivity index (χ4v) is 0.335. The number of rotatable bonds is 3. The summed E-state index contributed by atoms with van der Waals surface area (Å²) in [4.78, 5) is 8.81. The van der Waals surface area contributed by atoms with Crippen molar-refractivity contribution in [3.05, 3.63) is 10.1 Å². The average Bonchev–Trinajstić information content (AvgIpc) is 1.84. The highest BCUT2D eigenvalue weighted by atomic mass is 19.3. The fourth-order valence-electron chi connectivity index (χ4n) is 0.335. The summed E-state index contributed by atoms with van der Waals surface area (Å²) in [5.41, 5.74) is 0. The zero-order valence-electron chi connectivity index (χ0n) is 5.20. The normalized spacial score (nSPS) is 16.9. The van der Waals surface area contributed by atoms with Gasteiger partial charge in [-0.15, -0.1) is 0 Å². The third kappa shape index (κ3) is 2.22. The molecule has 1 N–H and O–H groups in total. The first-order valence-corrected chi connectivity index (χ1v) is 2.56. The first-order valence-electron chi connectivity index (χ1n) is 2.56. The number of hydrogen-bond acceptors (Lipinski definition) is 3. The van der Waals surface area contributed by atoms with Crippen molar-refractivity contribution in [2.45, 2.75) is 25.5 Å². The van der Waals surface area contributed by atoms with Gasteiger partial charge in [0.2, 0.25) is 6.04 Å². The van der Waals surface area contributed by atoms with E-state index in [1.807, 2.05) is 0 Å². The Morgan fingerprint density at radius 2 is 2.00 bits per heavy atom. The van der Waals surface area contributed by atoms with Crippen LogP contribution in [0.4, 0.5) is 8.78 Å². The van der Waals surface area contributed by atoms with Crippen molar-refractivity contribution in [2.24, 2.45) is 0 Å². The van der Waals surface area contributed by atoms with Gasteiger partial charge in [-0.2, -0.15) is 0 Å². The molecule has 0 fully saturated rings. The molecule has 0 aliphatic rings. The Hall–Kier alpha value is -0.780. The molecule has 2 atom stereocenters. The molecule has 4 nitrogen and oxygen atoms in total. The predicted molar refractivity (Wildman–Crippen MR) is 28.5 cm³/mol. The minimum absolute atomic E-state index is 0.927. The Bertz CT molecular complexity index is 130. The molecular weight excluding hydrogens is 148 g/mol. The Labute approximate surface area is 55.6 Å². The van der Waals surface area contributed by atoms with Crippen LogP contribution in [0.1, 0.15) is 6.92 Å². The molecule has 0 rings (SSSR count). The van der Waals surface area contributed by atoms with Gasteiger partial charge in [-0.3, -0.25) is 10.1 Å². The van der Waals surface area contributed by atoms with Gasteiger partial charge < -0.3 is 5.11 Å². The lowest BCUT2D eigenvalue weighted by Crippen LogP contribution is -2.36. The number of alkyl halides is 2. The van der Waals surface area contributed by atoms with Crippen LogP contribution < -0.4 is 0 Å². The van der Waals surface area contributed by atoms with Gasteiger partial charge in [-0.05, 0) is 0 Å². The third-order valence-electron chi connectivity index (χ3n) is 1.08. The van der Waals surface area contributed by atoms with E-state index in [0.717, 1.165) is 6.92 Å². The van der Waals surface area contributed by atoms with E-state index in [9.17, 15) is 18.9 Å². The van der Waals surface area contributed by atoms with Crippen LogP contribution in [-0.2, 0) is 0 Å². The second-order valence-corrected chi connectivity index (χ2v) is 1.85. The molecule has 0 aromatic heterocycles. The smallest absolute Gasteiger partial charge is 0.270 e. The van der Waals surface area contributed by atoms with Crippen LogP contribution in [0.25, 0.3) is 0 Å². The van der Waals surface area contributed by atoms with Crippen LogP contribution in [-0.4, -0.2) is 28.6 Å². The van der Waals surface area contributed by atoms with Crippen LogP contribution in [0.15, 0.2) is 0 Å². The van der Waals surface area contributed by atoms with Gasteiger partial charge in [-0.1, -0.05) is 0 Å². The maximum absolute atomic E-state index is 11.5. The van der Waals surface area contributed by atoms with E-state index >= 15 is 0 Å². The van der Waals surface area contributed by atoms with Crippen molar-refractivity contribution >= 4 is 0 Å². The summed E-state index contributed by atoms with van der Waals surface area (Å²) < 4.78 is 23.0. The Morgan fingerprint density at radius 1 is 1.60 bits per heavy atom. The van der Waals surface area contributed by atoms with Crippen LogP contribution >= 0.6 is 0 Å². The molecule has 0 aliphatic heterocycles. The van der Waals surface area contributed by atoms with E-state index in [-0.39, 0.29) is 0 Å². The fraction of sp³-hybridized carbons (Fsp3) is 1.00. The lowest BCUT2D eigenvalue weighted by atomic mass is 10.2. The van der Waals surface area contributed by atoms with E-state index in [1.54, 1.807) is 0 Å². The minimum Gasteiger partial charge on any atom is -0.381 e. The first kappa shape index (κ1) is 9.22. The first-order chi connectivity index (χ1) is 4.46. The molecule has 0 radical (unpaired) electrons. The zero-order chi connectivity index (χ0) is 8.31. The largest absolute Gasteiger partial charge is 0.381 e. The number of nitrogens with zero attached hydrogens (tertiary/aromatic N) is 1. The maximum Gasteiger partial charge on any atom is 0.270 e. The van der Waals surface area contributed by atoms with Gasteiger partial charge in [0.15, 0.2) is 6.10 Å². The van der Waals surface area contributed by atoms with Crippen molar-refractivity contribution in [3.63, 3.8) is 0 Å². The number of nitro groups is 1. The van der Waals surface area contributed by atoms with Crippen molar-refractivity contribution in [1.29, 1.82) is 0 Å². The van der Waals surface area contributed by atoms with Crippen LogP contribution in [0.3, 0.4) is 0 Å². The third-order valence-corrected chi connectivity index (χ3v) is 1.08. The topological polar surface area (TPSA) is 63.4 Å². The Balaban J connectivity index is 3.94. The SMILES string of the molecule is CC(C(O)C(F)F)[N+](=O)[O-]. The Kier molecular flexibility index (Phi) is 3.14. The monoisotopic (exact) mass is 155 g/mol. The van der Waals surface area contributed by atoms with Crippen LogP contribution in [0, 0.1) is 10.1 Å². The summed E-state index contributed by atoms with van der Waals surface area (Å²) in [6, 6.07) is -1.61. The number of hydrogen-bond donors (Lipinski definition) is 1. The molecule has 0 bridgehead atoms. The van der Waals surface area contributed by atoms with Crippen molar-refractivity contribution < 1.29 is 18.8 Å². The molecule has 0 saturated heterocycles. The summed E-state index contributed by atoms with van der Waals surface area (Å²) in [5, 5.41) is 18.1. The summed E-state index contributed by atoms with van der Waals surface area (Å²) >= 11 is 0. The highest BCUT2D eigenvalue weighted by Crippen LogP contribution is 2.06. The van der Waals surface area contributed by atoms with E-state index in [1.165, 1.54) is 0 Å². The van der Waals surface area contributed by atoms with Gasteiger partial charge in [0.25, 0.3) is 6.43 Å². The average molecular weight is 155 g/mol. The van der Waals surface area contributed by atoms with Crippen molar-refractivity contribution in [2.75, 3.05) is 0 Å². The van der Waals surface area contributed by atoms with Gasteiger partial charge >= 0.3 is 0 Å². The van der Waals surface area contributed by atoms with Gasteiger partial charge in [-0.25, -0.2) is 8.78 Å². The molecular formula is C4H7F2NO3. The zero-order valence-corrected chi connectivity index (χ0v) is 5.20. The van der Waals surface area contributed by atoms with E-state index in [2.05, 4.69) is 0 Å². The maximum atomic E-state index is 11.5. The quantitative estimate of drug-likeness (QED) is 0.470. The number of aliphatic hydroxyl groups excluding tert-OH is 1. The summed E-state index contributed by atoms with van der Waals surface area (Å²) in [6.45, 7) is 0.927. The highest BCUT2D eigenvalue weighted by Gasteiger charge is 2.31. The van der Waals surface area contributed by atoms with Gasteiger partial charge in [0.05, 0.1) is 0 Å². The molecule has 60 valence electrons. The molecule has 0 amide bonds. The van der Waals surface area contributed by atoms with E-state index in [0.29, 0.717) is 0 Å². The van der Waals surface area contributed by atoms with Crippen molar-refractivity contribution in [3.8, 4) is 0 Å². The highest BCUT2D eigenvalue weighted by molar-refractivity contribution is 4.64. The predicted octanol–water partition coefficient (Wildman–Crippen LogP) is 0.278. The lowest BCUT2D eigenvalue weighted by Gasteiger charge is -2.09.